The Kier molecular flexibility index (Phi) is 13.5. The van der Waals surface area contributed by atoms with Crippen molar-refractivity contribution in [3.05, 3.63) is 92.5 Å². The number of carbonyl (C=O) groups is 1. The molecule has 0 radical (unpaired) electrons. The van der Waals surface area contributed by atoms with Gasteiger partial charge in [0.05, 0.1) is 36.0 Å². The Hall–Kier alpha value is -5.18. The lowest BCUT2D eigenvalue weighted by atomic mass is 9.96. The van der Waals surface area contributed by atoms with Crippen molar-refractivity contribution in [3.63, 3.8) is 0 Å². The number of alkyl halides is 2. The lowest BCUT2D eigenvalue weighted by molar-refractivity contribution is 0.146. The summed E-state index contributed by atoms with van der Waals surface area (Å²) < 4.78 is 34.1. The number of pyridine rings is 2. The van der Waals surface area contributed by atoms with Crippen molar-refractivity contribution >= 4 is 39.9 Å². The minimum absolute atomic E-state index is 0.00692. The zero-order chi connectivity index (χ0) is 38.9. The molecular weight excluding hydrogens is 718 g/mol. The van der Waals surface area contributed by atoms with Gasteiger partial charge in [0, 0.05) is 54.9 Å². The molecule has 5 aromatic rings. The Bertz CT molecular complexity index is 2180. The molecule has 0 aliphatic heterocycles. The number of nitrogens with zero attached hydrogens (tertiary/aromatic N) is 5. The lowest BCUT2D eigenvalue weighted by Crippen LogP contribution is -2.41. The maximum absolute atomic E-state index is 13.7. The smallest absolute Gasteiger partial charge is 0.317 e. The minimum Gasteiger partial charge on any atom is -0.481 e. The molecule has 0 atom stereocenters. The van der Waals surface area contributed by atoms with E-state index in [2.05, 4.69) is 32.1 Å². The van der Waals surface area contributed by atoms with Gasteiger partial charge in [-0.05, 0) is 81.1 Å². The van der Waals surface area contributed by atoms with Gasteiger partial charge in [0.25, 0.3) is 12.0 Å². The van der Waals surface area contributed by atoms with Crippen LogP contribution in [0.25, 0.3) is 33.2 Å². The molecule has 286 valence electrons. The van der Waals surface area contributed by atoms with Crippen molar-refractivity contribution in [2.45, 2.75) is 39.0 Å². The lowest BCUT2D eigenvalue weighted by Gasteiger charge is -2.20. The van der Waals surface area contributed by atoms with Crippen LogP contribution in [0.15, 0.2) is 59.5 Å². The summed E-state index contributed by atoms with van der Waals surface area (Å²) in [6.07, 6.45) is 2.45. The topological polar surface area (TPSA) is 147 Å². The molecule has 0 spiro atoms. The molecule has 0 unspecified atom stereocenters. The number of ether oxygens (including phenoxy) is 1. The molecule has 1 aliphatic carbocycles. The van der Waals surface area contributed by atoms with E-state index in [1.54, 1.807) is 25.1 Å². The highest BCUT2D eigenvalue weighted by atomic mass is 35.5. The molecule has 1 aliphatic rings. The second kappa shape index (κ2) is 18.2. The predicted octanol–water partition coefficient (Wildman–Crippen LogP) is 6.43. The zero-order valence-electron chi connectivity index (χ0n) is 31.0. The summed E-state index contributed by atoms with van der Waals surface area (Å²) in [5, 5.41) is 22.3. The van der Waals surface area contributed by atoms with Crippen molar-refractivity contribution in [1.82, 2.24) is 35.3 Å². The largest absolute Gasteiger partial charge is 0.481 e. The van der Waals surface area contributed by atoms with Gasteiger partial charge in [-0.1, -0.05) is 41.9 Å². The first-order valence-electron chi connectivity index (χ1n) is 17.6. The number of hydrogen-bond acceptors (Lipinski definition) is 9. The van der Waals surface area contributed by atoms with Crippen molar-refractivity contribution in [2.75, 3.05) is 52.8 Å². The minimum atomic E-state index is -2.82. The van der Waals surface area contributed by atoms with Gasteiger partial charge >= 0.3 is 6.03 Å². The van der Waals surface area contributed by atoms with E-state index in [0.29, 0.717) is 29.7 Å². The predicted molar refractivity (Wildman–Crippen MR) is 208 cm³/mol. The van der Waals surface area contributed by atoms with Gasteiger partial charge in [-0.15, -0.1) is 0 Å². The monoisotopic (exact) mass is 762 g/mol. The number of halogens is 3. The fraction of sp³-hybridized carbons (Fsp3) is 0.359. The second-order valence-electron chi connectivity index (χ2n) is 12.7. The SMILES string of the molecule is CNCCCN(CCO)C(=O)NC.COc1nc(-c2cccc(-c3cccc(Nc4nc(C(F)F)cc5cnn(C)c(=O)c45)c3C)c2Cl)cc2c1CCC2. The molecule has 0 bridgehead atoms. The Morgan fingerprint density at radius 2 is 1.81 bits per heavy atom. The van der Waals surface area contributed by atoms with Crippen LogP contribution in [0.4, 0.5) is 25.1 Å². The highest BCUT2D eigenvalue weighted by Gasteiger charge is 2.22. The molecular formula is C39H45ClF2N8O4. The van der Waals surface area contributed by atoms with Crippen molar-refractivity contribution < 1.29 is 23.4 Å². The van der Waals surface area contributed by atoms with E-state index in [1.165, 1.54) is 24.9 Å². The first-order chi connectivity index (χ1) is 26.0. The number of aryl methyl sites for hydroxylation is 2. The number of amides is 2. The highest BCUT2D eigenvalue weighted by molar-refractivity contribution is 6.36. The summed E-state index contributed by atoms with van der Waals surface area (Å²) in [5.41, 5.74) is 6.02. The molecule has 6 rings (SSSR count). The molecule has 15 heteroatoms. The molecule has 0 saturated carbocycles. The standard InChI is InChI=1S/C31H26ClF2N5O2.C8H19N3O2/c1-16-19(21-10-5-11-22(27(21)32)24-13-17-7-4-9-20(17)30(38-24)41-3)8-6-12-23(16)36-29-26-18(14-25(37-29)28(33)34)15-35-39(2)31(26)40;1-9-4-3-5-11(6-7-12)8(13)10-2/h5-6,8,10-15,28H,4,7,9H2,1-3H3,(H,36,37);9,12H,3-7H2,1-2H3,(H,10,13). The van der Waals surface area contributed by atoms with Crippen molar-refractivity contribution in [3.8, 4) is 28.3 Å². The van der Waals surface area contributed by atoms with E-state index in [1.807, 2.05) is 44.3 Å². The Morgan fingerprint density at radius 3 is 2.52 bits per heavy atom. The average Bonchev–Trinajstić information content (AvgIpc) is 3.65. The number of rotatable bonds is 12. The van der Waals surface area contributed by atoms with E-state index >= 15 is 0 Å². The normalized spacial score (nSPS) is 12.0. The highest BCUT2D eigenvalue weighted by Crippen LogP contribution is 2.41. The van der Waals surface area contributed by atoms with E-state index < -0.39 is 17.7 Å². The fourth-order valence-electron chi connectivity index (χ4n) is 6.50. The Balaban J connectivity index is 0.000000370. The van der Waals surface area contributed by atoms with Crippen LogP contribution >= 0.6 is 11.6 Å². The summed E-state index contributed by atoms with van der Waals surface area (Å²) in [6.45, 7) is 3.84. The first kappa shape index (κ1) is 40.0. The van der Waals surface area contributed by atoms with E-state index in [-0.39, 0.29) is 29.2 Å². The van der Waals surface area contributed by atoms with E-state index in [4.69, 9.17) is 26.4 Å². The third-order valence-corrected chi connectivity index (χ3v) is 9.70. The first-order valence-corrected chi connectivity index (χ1v) is 18.0. The number of aromatic nitrogens is 4. The maximum Gasteiger partial charge on any atom is 0.317 e. The number of aliphatic hydroxyl groups excluding tert-OH is 1. The molecule has 54 heavy (non-hydrogen) atoms. The van der Waals surface area contributed by atoms with Crippen LogP contribution in [-0.2, 0) is 19.9 Å². The van der Waals surface area contributed by atoms with E-state index in [9.17, 15) is 18.4 Å². The van der Waals surface area contributed by atoms with Gasteiger partial charge in [-0.3, -0.25) is 4.79 Å². The number of carbonyl (C=O) groups excluding carboxylic acids is 1. The van der Waals surface area contributed by atoms with Gasteiger partial charge in [-0.2, -0.15) is 5.10 Å². The fourth-order valence-corrected chi connectivity index (χ4v) is 6.82. The van der Waals surface area contributed by atoms with Crippen molar-refractivity contribution in [1.29, 1.82) is 0 Å². The molecule has 3 heterocycles. The van der Waals surface area contributed by atoms with Crippen LogP contribution in [0.5, 0.6) is 5.88 Å². The molecule has 12 nitrogen and oxygen atoms in total. The molecule has 2 amide bonds. The molecule has 0 fully saturated rings. The van der Waals surface area contributed by atoms with Crippen LogP contribution in [0.1, 0.15) is 41.7 Å². The molecule has 2 aromatic carbocycles. The Labute approximate surface area is 317 Å². The number of nitrogens with one attached hydrogen (secondary N) is 3. The average molecular weight is 763 g/mol. The summed E-state index contributed by atoms with van der Waals surface area (Å²) in [7, 11) is 6.59. The second-order valence-corrected chi connectivity index (χ2v) is 13.1. The van der Waals surface area contributed by atoms with Crippen molar-refractivity contribution in [2.24, 2.45) is 7.05 Å². The van der Waals surface area contributed by atoms with Crippen LogP contribution < -0.4 is 26.2 Å². The van der Waals surface area contributed by atoms with Crippen LogP contribution in [0, 0.1) is 6.92 Å². The third-order valence-electron chi connectivity index (χ3n) is 9.29. The van der Waals surface area contributed by atoms with Crippen LogP contribution in [0.2, 0.25) is 5.02 Å². The molecule has 3 aromatic heterocycles. The number of benzene rings is 2. The molecule has 4 N–H and O–H groups in total. The maximum atomic E-state index is 13.7. The summed E-state index contributed by atoms with van der Waals surface area (Å²) in [4.78, 5) is 34.6. The van der Waals surface area contributed by atoms with E-state index in [0.717, 1.165) is 70.4 Å². The van der Waals surface area contributed by atoms with Crippen LogP contribution in [0.3, 0.4) is 0 Å². The summed E-state index contributed by atoms with van der Waals surface area (Å²) in [5.74, 6) is 0.668. The number of fused-ring (bicyclic) bond motifs is 2. The molecule has 0 saturated heterocycles. The number of anilines is 2. The Morgan fingerprint density at radius 1 is 1.07 bits per heavy atom. The quantitative estimate of drug-likeness (QED) is 0.106. The van der Waals surface area contributed by atoms with Gasteiger partial charge < -0.3 is 30.7 Å². The third kappa shape index (κ3) is 8.78. The van der Waals surface area contributed by atoms with Gasteiger partial charge in [-0.25, -0.2) is 28.2 Å². The number of urea groups is 1. The van der Waals surface area contributed by atoms with Gasteiger partial charge in [0.2, 0.25) is 5.88 Å². The number of methoxy groups -OCH3 is 1. The summed E-state index contributed by atoms with van der Waals surface area (Å²) in [6, 6.07) is 14.5. The van der Waals surface area contributed by atoms with Gasteiger partial charge in [0.1, 0.15) is 11.5 Å². The zero-order valence-corrected chi connectivity index (χ0v) is 31.7. The number of aliphatic hydroxyl groups is 1. The van der Waals surface area contributed by atoms with Crippen LogP contribution in [-0.4, -0.2) is 83.2 Å². The number of hydrogen-bond donors (Lipinski definition) is 4. The summed E-state index contributed by atoms with van der Waals surface area (Å²) >= 11 is 7.03. The van der Waals surface area contributed by atoms with Gasteiger partial charge in [0.15, 0.2) is 0 Å².